The Bertz CT molecular complexity index is 95.8. The van der Waals surface area contributed by atoms with Crippen LogP contribution in [0, 0.1) is 5.92 Å². The van der Waals surface area contributed by atoms with Crippen molar-refractivity contribution in [2.24, 2.45) is 5.92 Å². The van der Waals surface area contributed by atoms with Gasteiger partial charge in [0.05, 0.1) is 0 Å². The van der Waals surface area contributed by atoms with E-state index in [0.29, 0.717) is 18.6 Å². The maximum atomic E-state index is 8.92. The van der Waals surface area contributed by atoms with Crippen LogP contribution in [-0.2, 0) is 0 Å². The Hall–Kier alpha value is -0.120. The maximum Gasteiger partial charge on any atom is 0.0486 e. The van der Waals surface area contributed by atoms with Crippen molar-refractivity contribution in [3.05, 3.63) is 0 Å². The van der Waals surface area contributed by atoms with E-state index < -0.39 is 0 Å². The smallest absolute Gasteiger partial charge is 0.0486 e. The molecule has 3 nitrogen and oxygen atoms in total. The molecular formula is C7H16N2O. The summed E-state index contributed by atoms with van der Waals surface area (Å²) in [6, 6.07) is 0.481. The lowest BCUT2D eigenvalue weighted by Crippen LogP contribution is -2.34. The highest BCUT2D eigenvalue weighted by Gasteiger charge is 2.28. The van der Waals surface area contributed by atoms with Gasteiger partial charge in [-0.1, -0.05) is 0 Å². The fourth-order valence-corrected chi connectivity index (χ4v) is 1.60. The number of likely N-dealkylation sites (N-methyl/N-ethyl adjacent to an activating group) is 2. The predicted molar refractivity (Wildman–Crippen MR) is 40.9 cm³/mol. The van der Waals surface area contributed by atoms with Gasteiger partial charge in [0.2, 0.25) is 0 Å². The zero-order valence-electron chi connectivity index (χ0n) is 6.67. The molecule has 0 radical (unpaired) electrons. The lowest BCUT2D eigenvalue weighted by Gasteiger charge is -2.13. The van der Waals surface area contributed by atoms with Crippen LogP contribution in [0.3, 0.4) is 0 Å². The van der Waals surface area contributed by atoms with Gasteiger partial charge < -0.3 is 15.3 Å². The van der Waals surface area contributed by atoms with E-state index in [2.05, 4.69) is 17.3 Å². The van der Waals surface area contributed by atoms with E-state index in [1.807, 2.05) is 7.05 Å². The summed E-state index contributed by atoms with van der Waals surface area (Å²) in [4.78, 5) is 2.24. The van der Waals surface area contributed by atoms with Crippen molar-refractivity contribution in [1.29, 1.82) is 0 Å². The van der Waals surface area contributed by atoms with Gasteiger partial charge in [0.1, 0.15) is 0 Å². The van der Waals surface area contributed by atoms with E-state index in [1.54, 1.807) is 0 Å². The molecule has 0 bridgehead atoms. The molecule has 0 saturated carbocycles. The molecule has 1 aliphatic heterocycles. The Morgan fingerprint density at radius 2 is 2.30 bits per heavy atom. The first kappa shape index (κ1) is 7.98. The molecule has 0 aromatic heterocycles. The normalized spacial score (nSPS) is 35.1. The molecule has 2 N–H and O–H groups in total. The fourth-order valence-electron chi connectivity index (χ4n) is 1.60. The summed E-state index contributed by atoms with van der Waals surface area (Å²) in [7, 11) is 4.03. The van der Waals surface area contributed by atoms with Crippen LogP contribution in [-0.4, -0.2) is 49.8 Å². The van der Waals surface area contributed by atoms with Gasteiger partial charge in [-0.2, -0.15) is 0 Å². The van der Waals surface area contributed by atoms with Gasteiger partial charge in [-0.3, -0.25) is 0 Å². The highest BCUT2D eigenvalue weighted by atomic mass is 16.3. The molecule has 1 heterocycles. The second-order valence-corrected chi connectivity index (χ2v) is 3.06. The Balaban J connectivity index is 2.41. The van der Waals surface area contributed by atoms with Crippen molar-refractivity contribution in [2.75, 3.05) is 33.8 Å². The highest BCUT2D eigenvalue weighted by Crippen LogP contribution is 2.13. The Labute approximate surface area is 62.0 Å². The minimum Gasteiger partial charge on any atom is -0.396 e. The molecule has 0 amide bonds. The van der Waals surface area contributed by atoms with Crippen molar-refractivity contribution in [1.82, 2.24) is 10.2 Å². The molecule has 2 unspecified atom stereocenters. The molecule has 0 aliphatic carbocycles. The average Bonchev–Trinajstić information content (AvgIpc) is 2.30. The second-order valence-electron chi connectivity index (χ2n) is 3.06. The summed E-state index contributed by atoms with van der Waals surface area (Å²) >= 11 is 0. The van der Waals surface area contributed by atoms with Gasteiger partial charge in [-0.25, -0.2) is 0 Å². The molecule has 1 saturated heterocycles. The summed E-state index contributed by atoms with van der Waals surface area (Å²) < 4.78 is 0. The van der Waals surface area contributed by atoms with E-state index in [4.69, 9.17) is 5.11 Å². The first-order valence-electron chi connectivity index (χ1n) is 3.74. The van der Waals surface area contributed by atoms with E-state index in [1.165, 1.54) is 0 Å². The molecule has 60 valence electrons. The van der Waals surface area contributed by atoms with Crippen LogP contribution in [0.2, 0.25) is 0 Å². The summed E-state index contributed by atoms with van der Waals surface area (Å²) in [5, 5.41) is 12.1. The van der Waals surface area contributed by atoms with Gasteiger partial charge in [0.15, 0.2) is 0 Å². The van der Waals surface area contributed by atoms with E-state index >= 15 is 0 Å². The standard InChI is InChI=1S/C7H16N2O/c1-8-7-4-9(2)3-6(7)5-10/h6-8,10H,3-5H2,1-2H3. The van der Waals surface area contributed by atoms with Gasteiger partial charge >= 0.3 is 0 Å². The third-order valence-corrected chi connectivity index (χ3v) is 2.23. The SMILES string of the molecule is CNC1CN(C)CC1CO. The number of hydrogen-bond donors (Lipinski definition) is 2. The van der Waals surface area contributed by atoms with Crippen molar-refractivity contribution in [2.45, 2.75) is 6.04 Å². The van der Waals surface area contributed by atoms with Gasteiger partial charge in [0.25, 0.3) is 0 Å². The molecule has 2 atom stereocenters. The van der Waals surface area contributed by atoms with Crippen LogP contribution >= 0.6 is 0 Å². The Kier molecular flexibility index (Phi) is 2.65. The summed E-state index contributed by atoms with van der Waals surface area (Å²) in [5.41, 5.74) is 0. The lowest BCUT2D eigenvalue weighted by molar-refractivity contribution is 0.213. The van der Waals surface area contributed by atoms with Gasteiger partial charge in [-0.05, 0) is 14.1 Å². The predicted octanol–water partition coefficient (Wildman–Crippen LogP) is -0.872. The number of hydrogen-bond acceptors (Lipinski definition) is 3. The molecule has 10 heavy (non-hydrogen) atoms. The van der Waals surface area contributed by atoms with Crippen LogP contribution in [0.4, 0.5) is 0 Å². The molecule has 0 aromatic rings. The molecule has 3 heteroatoms. The van der Waals surface area contributed by atoms with Crippen LogP contribution in [0.25, 0.3) is 0 Å². The van der Waals surface area contributed by atoms with Crippen molar-refractivity contribution >= 4 is 0 Å². The van der Waals surface area contributed by atoms with E-state index in [0.717, 1.165) is 13.1 Å². The number of nitrogens with zero attached hydrogens (tertiary/aromatic N) is 1. The number of rotatable bonds is 2. The van der Waals surface area contributed by atoms with Crippen LogP contribution in [0.5, 0.6) is 0 Å². The molecule has 1 rings (SSSR count). The fraction of sp³-hybridized carbons (Fsp3) is 1.00. The number of nitrogens with one attached hydrogen (secondary N) is 1. The largest absolute Gasteiger partial charge is 0.396 e. The first-order chi connectivity index (χ1) is 4.77. The quantitative estimate of drug-likeness (QED) is 0.529. The van der Waals surface area contributed by atoms with Crippen LogP contribution in [0.15, 0.2) is 0 Å². The lowest BCUT2D eigenvalue weighted by atomic mass is 10.1. The minimum absolute atomic E-state index is 0.301. The van der Waals surface area contributed by atoms with Crippen molar-refractivity contribution in [3.63, 3.8) is 0 Å². The van der Waals surface area contributed by atoms with Crippen LogP contribution < -0.4 is 5.32 Å². The summed E-state index contributed by atoms with van der Waals surface area (Å²) in [6.07, 6.45) is 0. The van der Waals surface area contributed by atoms with Gasteiger partial charge in [-0.15, -0.1) is 0 Å². The average molecular weight is 144 g/mol. The molecule has 1 aliphatic rings. The molecule has 0 spiro atoms. The Morgan fingerprint density at radius 3 is 2.70 bits per heavy atom. The maximum absolute atomic E-state index is 8.92. The van der Waals surface area contributed by atoms with Crippen molar-refractivity contribution < 1.29 is 5.11 Å². The number of likely N-dealkylation sites (tertiary alicyclic amines) is 1. The number of aliphatic hydroxyl groups excluding tert-OH is 1. The molecule has 1 fully saturated rings. The summed E-state index contributed by atoms with van der Waals surface area (Å²) in [6.45, 7) is 2.37. The van der Waals surface area contributed by atoms with E-state index in [-0.39, 0.29) is 0 Å². The monoisotopic (exact) mass is 144 g/mol. The second kappa shape index (κ2) is 3.32. The van der Waals surface area contributed by atoms with Gasteiger partial charge in [0, 0.05) is 31.7 Å². The Morgan fingerprint density at radius 1 is 1.60 bits per heavy atom. The van der Waals surface area contributed by atoms with Crippen LogP contribution in [0.1, 0.15) is 0 Å². The third-order valence-electron chi connectivity index (χ3n) is 2.23. The zero-order valence-corrected chi connectivity index (χ0v) is 6.67. The first-order valence-corrected chi connectivity index (χ1v) is 3.74. The topological polar surface area (TPSA) is 35.5 Å². The molecular weight excluding hydrogens is 128 g/mol. The highest BCUT2D eigenvalue weighted by molar-refractivity contribution is 4.85. The van der Waals surface area contributed by atoms with Crippen molar-refractivity contribution in [3.8, 4) is 0 Å². The zero-order chi connectivity index (χ0) is 7.56. The summed E-state index contributed by atoms with van der Waals surface area (Å²) in [5.74, 6) is 0.426. The third kappa shape index (κ3) is 1.48. The number of aliphatic hydroxyl groups is 1. The van der Waals surface area contributed by atoms with E-state index in [9.17, 15) is 0 Å². The molecule has 0 aromatic carbocycles. The minimum atomic E-state index is 0.301.